The molecule has 0 aliphatic carbocycles. The molecule has 4 heteroatoms. The van der Waals surface area contributed by atoms with Gasteiger partial charge < -0.3 is 10.4 Å². The van der Waals surface area contributed by atoms with Crippen molar-refractivity contribution in [2.45, 2.75) is 25.4 Å². The first kappa shape index (κ1) is 16.0. The molecule has 0 aromatic heterocycles. The van der Waals surface area contributed by atoms with Crippen molar-refractivity contribution in [2.24, 2.45) is 0 Å². The molecule has 0 saturated heterocycles. The molecule has 2 aromatic carbocycles. The SMILES string of the molecule is OCCCC(NCc1ccc(F)c(Cl)c1)c1ccccc1. The molecule has 1 atom stereocenters. The highest BCUT2D eigenvalue weighted by atomic mass is 35.5. The van der Waals surface area contributed by atoms with E-state index in [4.69, 9.17) is 16.7 Å². The van der Waals surface area contributed by atoms with Crippen molar-refractivity contribution in [2.75, 3.05) is 6.61 Å². The Bertz CT molecular complexity index is 562. The fourth-order valence-corrected chi connectivity index (χ4v) is 2.46. The van der Waals surface area contributed by atoms with Crippen molar-refractivity contribution in [1.82, 2.24) is 5.32 Å². The summed E-state index contributed by atoms with van der Waals surface area (Å²) in [4.78, 5) is 0. The van der Waals surface area contributed by atoms with Crippen molar-refractivity contribution in [1.29, 1.82) is 0 Å². The monoisotopic (exact) mass is 307 g/mol. The second-order valence-corrected chi connectivity index (χ2v) is 5.37. The molecule has 0 saturated carbocycles. The van der Waals surface area contributed by atoms with E-state index in [0.717, 1.165) is 18.4 Å². The van der Waals surface area contributed by atoms with Gasteiger partial charge in [-0.1, -0.05) is 48.0 Å². The van der Waals surface area contributed by atoms with E-state index in [0.29, 0.717) is 6.54 Å². The summed E-state index contributed by atoms with van der Waals surface area (Å²) in [5.74, 6) is -0.402. The first-order chi connectivity index (χ1) is 10.2. The van der Waals surface area contributed by atoms with Crippen LogP contribution in [0.5, 0.6) is 0 Å². The quantitative estimate of drug-likeness (QED) is 0.808. The molecule has 0 aliphatic heterocycles. The van der Waals surface area contributed by atoms with Gasteiger partial charge in [-0.05, 0) is 36.1 Å². The van der Waals surface area contributed by atoms with Crippen molar-refractivity contribution >= 4 is 11.6 Å². The zero-order valence-corrected chi connectivity index (χ0v) is 12.5. The first-order valence-electron chi connectivity index (χ1n) is 7.04. The Labute approximate surface area is 129 Å². The van der Waals surface area contributed by atoms with Gasteiger partial charge in [-0.2, -0.15) is 0 Å². The van der Waals surface area contributed by atoms with Gasteiger partial charge in [0.15, 0.2) is 0 Å². The van der Waals surface area contributed by atoms with Gasteiger partial charge >= 0.3 is 0 Å². The van der Waals surface area contributed by atoms with E-state index in [9.17, 15) is 4.39 Å². The lowest BCUT2D eigenvalue weighted by molar-refractivity contribution is 0.275. The Morgan fingerprint density at radius 3 is 2.57 bits per heavy atom. The van der Waals surface area contributed by atoms with Gasteiger partial charge in [0, 0.05) is 19.2 Å². The average molecular weight is 308 g/mol. The minimum absolute atomic E-state index is 0.140. The largest absolute Gasteiger partial charge is 0.396 e. The number of benzene rings is 2. The first-order valence-corrected chi connectivity index (χ1v) is 7.41. The summed E-state index contributed by atoms with van der Waals surface area (Å²) in [7, 11) is 0. The highest BCUT2D eigenvalue weighted by Gasteiger charge is 2.10. The zero-order valence-electron chi connectivity index (χ0n) is 11.7. The molecule has 0 heterocycles. The lowest BCUT2D eigenvalue weighted by atomic mass is 10.0. The van der Waals surface area contributed by atoms with Crippen LogP contribution in [0.25, 0.3) is 0 Å². The number of nitrogens with one attached hydrogen (secondary N) is 1. The van der Waals surface area contributed by atoms with Crippen LogP contribution in [0.15, 0.2) is 48.5 Å². The lowest BCUT2D eigenvalue weighted by Gasteiger charge is -2.19. The summed E-state index contributed by atoms with van der Waals surface area (Å²) in [6, 6.07) is 15.0. The maximum Gasteiger partial charge on any atom is 0.141 e. The lowest BCUT2D eigenvalue weighted by Crippen LogP contribution is -2.21. The van der Waals surface area contributed by atoms with Gasteiger partial charge in [0.1, 0.15) is 5.82 Å². The molecule has 112 valence electrons. The molecule has 2 rings (SSSR count). The zero-order chi connectivity index (χ0) is 15.1. The summed E-state index contributed by atoms with van der Waals surface area (Å²) >= 11 is 5.79. The number of hydrogen-bond acceptors (Lipinski definition) is 2. The van der Waals surface area contributed by atoms with Gasteiger partial charge in [-0.15, -0.1) is 0 Å². The number of halogens is 2. The van der Waals surface area contributed by atoms with Gasteiger partial charge in [0.05, 0.1) is 5.02 Å². The molecule has 2 aromatic rings. The molecule has 2 N–H and O–H groups in total. The topological polar surface area (TPSA) is 32.3 Å². The third kappa shape index (κ3) is 4.81. The van der Waals surface area contributed by atoms with Crippen LogP contribution in [0.3, 0.4) is 0 Å². The number of aliphatic hydroxyl groups excluding tert-OH is 1. The van der Waals surface area contributed by atoms with Gasteiger partial charge in [0.25, 0.3) is 0 Å². The Balaban J connectivity index is 2.03. The van der Waals surface area contributed by atoms with Crippen molar-refractivity contribution in [3.8, 4) is 0 Å². The van der Waals surface area contributed by atoms with E-state index >= 15 is 0 Å². The normalized spacial score (nSPS) is 12.3. The predicted molar refractivity (Wildman–Crippen MR) is 83.8 cm³/mol. The van der Waals surface area contributed by atoms with E-state index in [1.807, 2.05) is 18.2 Å². The number of aliphatic hydroxyl groups is 1. The van der Waals surface area contributed by atoms with Crippen LogP contribution in [0.4, 0.5) is 4.39 Å². The molecule has 0 spiro atoms. The van der Waals surface area contributed by atoms with E-state index in [1.54, 1.807) is 12.1 Å². The number of rotatable bonds is 7. The smallest absolute Gasteiger partial charge is 0.141 e. The summed E-state index contributed by atoms with van der Waals surface area (Å²) in [5.41, 5.74) is 2.12. The Kier molecular flexibility index (Phi) is 6.18. The number of hydrogen-bond donors (Lipinski definition) is 2. The van der Waals surface area contributed by atoms with Crippen LogP contribution in [-0.2, 0) is 6.54 Å². The Morgan fingerprint density at radius 2 is 1.90 bits per heavy atom. The molecule has 0 aliphatic rings. The van der Waals surface area contributed by atoms with Crippen LogP contribution >= 0.6 is 11.6 Å². The van der Waals surface area contributed by atoms with E-state index < -0.39 is 5.82 Å². The summed E-state index contributed by atoms with van der Waals surface area (Å²) in [6.45, 7) is 0.776. The standard InChI is InChI=1S/C17H19ClFNO/c18-15-11-13(8-9-16(15)19)12-20-17(7-4-10-21)14-5-2-1-3-6-14/h1-3,5-6,8-9,11,17,20-21H,4,7,10,12H2. The van der Waals surface area contributed by atoms with Crippen molar-refractivity contribution < 1.29 is 9.50 Å². The molecule has 2 nitrogen and oxygen atoms in total. The predicted octanol–water partition coefficient (Wildman–Crippen LogP) is 4.08. The van der Waals surface area contributed by atoms with Crippen LogP contribution < -0.4 is 5.32 Å². The second-order valence-electron chi connectivity index (χ2n) is 4.96. The molecular weight excluding hydrogens is 289 g/mol. The molecule has 1 unspecified atom stereocenters. The van der Waals surface area contributed by atoms with E-state index in [1.165, 1.54) is 11.6 Å². The van der Waals surface area contributed by atoms with Crippen molar-refractivity contribution in [3.05, 3.63) is 70.5 Å². The molecular formula is C17H19ClFNO. The van der Waals surface area contributed by atoms with Crippen LogP contribution in [-0.4, -0.2) is 11.7 Å². The molecule has 0 fully saturated rings. The highest BCUT2D eigenvalue weighted by Crippen LogP contribution is 2.20. The third-order valence-electron chi connectivity index (χ3n) is 3.39. The molecule has 0 bridgehead atoms. The molecule has 0 radical (unpaired) electrons. The minimum Gasteiger partial charge on any atom is -0.396 e. The van der Waals surface area contributed by atoms with Crippen molar-refractivity contribution in [3.63, 3.8) is 0 Å². The fourth-order valence-electron chi connectivity index (χ4n) is 2.26. The van der Waals surface area contributed by atoms with Gasteiger partial charge in [0.2, 0.25) is 0 Å². The summed E-state index contributed by atoms with van der Waals surface area (Å²) in [5, 5.41) is 12.6. The minimum atomic E-state index is -0.402. The van der Waals surface area contributed by atoms with Crippen LogP contribution in [0.1, 0.15) is 30.0 Å². The van der Waals surface area contributed by atoms with Gasteiger partial charge in [-0.3, -0.25) is 0 Å². The van der Waals surface area contributed by atoms with E-state index in [-0.39, 0.29) is 17.7 Å². The Hall–Kier alpha value is -1.42. The van der Waals surface area contributed by atoms with Gasteiger partial charge in [-0.25, -0.2) is 4.39 Å². The van der Waals surface area contributed by atoms with Crippen LogP contribution in [0, 0.1) is 5.82 Å². The maximum atomic E-state index is 13.1. The Morgan fingerprint density at radius 1 is 1.14 bits per heavy atom. The average Bonchev–Trinajstić information content (AvgIpc) is 2.51. The molecule has 21 heavy (non-hydrogen) atoms. The second kappa shape index (κ2) is 8.13. The maximum absolute atomic E-state index is 13.1. The third-order valence-corrected chi connectivity index (χ3v) is 3.68. The fraction of sp³-hybridized carbons (Fsp3) is 0.294. The van der Waals surface area contributed by atoms with Crippen LogP contribution in [0.2, 0.25) is 5.02 Å². The summed E-state index contributed by atoms with van der Waals surface area (Å²) in [6.07, 6.45) is 1.58. The molecule has 0 amide bonds. The van der Waals surface area contributed by atoms with E-state index in [2.05, 4.69) is 17.4 Å². The highest BCUT2D eigenvalue weighted by molar-refractivity contribution is 6.30. The summed E-state index contributed by atoms with van der Waals surface area (Å²) < 4.78 is 13.1.